The number of ether oxygens (including phenoxy) is 1. The molecule has 1 heterocycles. The normalized spacial score (nSPS) is 14.6. The summed E-state index contributed by atoms with van der Waals surface area (Å²) in [7, 11) is 0. The summed E-state index contributed by atoms with van der Waals surface area (Å²) < 4.78 is 5.36. The molecule has 0 bridgehead atoms. The highest BCUT2D eigenvalue weighted by atomic mass is 16.5. The molecule has 1 aliphatic rings. The SMILES string of the molecule is CCNCCN1C(=O)COc2ccccc21. The molecule has 1 aliphatic heterocycles. The average Bonchev–Trinajstić information content (AvgIpc) is 2.32. The lowest BCUT2D eigenvalue weighted by Crippen LogP contribution is -2.42. The van der Waals surface area contributed by atoms with Crippen LogP contribution in [-0.4, -0.2) is 32.1 Å². The minimum absolute atomic E-state index is 0.0246. The average molecular weight is 220 g/mol. The molecule has 4 heteroatoms. The van der Waals surface area contributed by atoms with Crippen molar-refractivity contribution in [3.8, 4) is 5.75 Å². The largest absolute Gasteiger partial charge is 0.482 e. The lowest BCUT2D eigenvalue weighted by Gasteiger charge is -2.29. The number of hydrogen-bond donors (Lipinski definition) is 1. The molecule has 4 nitrogen and oxygen atoms in total. The zero-order chi connectivity index (χ0) is 11.4. The maximum Gasteiger partial charge on any atom is 0.265 e. The van der Waals surface area contributed by atoms with Crippen molar-refractivity contribution >= 4 is 11.6 Å². The first-order valence-corrected chi connectivity index (χ1v) is 5.56. The molecule has 1 aromatic carbocycles. The molecule has 0 aliphatic carbocycles. The summed E-state index contributed by atoms with van der Waals surface area (Å²) in [4.78, 5) is 13.5. The van der Waals surface area contributed by atoms with Crippen LogP contribution in [0.4, 0.5) is 5.69 Å². The number of fused-ring (bicyclic) bond motifs is 1. The van der Waals surface area contributed by atoms with Crippen LogP contribution in [0.5, 0.6) is 5.75 Å². The molecule has 86 valence electrons. The lowest BCUT2D eigenvalue weighted by molar-refractivity contribution is -0.121. The summed E-state index contributed by atoms with van der Waals surface area (Å²) in [6.45, 7) is 4.60. The Kier molecular flexibility index (Phi) is 3.41. The first-order valence-electron chi connectivity index (χ1n) is 5.56. The summed E-state index contributed by atoms with van der Waals surface area (Å²) in [5.74, 6) is 0.815. The van der Waals surface area contributed by atoms with Crippen LogP contribution in [-0.2, 0) is 4.79 Å². The Balaban J connectivity index is 2.13. The standard InChI is InChI=1S/C12H16N2O2/c1-2-13-7-8-14-10-5-3-4-6-11(10)16-9-12(14)15/h3-6,13H,2,7-9H2,1H3. The smallest absolute Gasteiger partial charge is 0.265 e. The van der Waals surface area contributed by atoms with Gasteiger partial charge >= 0.3 is 0 Å². The first kappa shape index (κ1) is 11.0. The third kappa shape index (κ3) is 2.17. The molecule has 0 aromatic heterocycles. The Bertz CT molecular complexity index is 379. The minimum Gasteiger partial charge on any atom is -0.482 e. The highest BCUT2D eigenvalue weighted by Crippen LogP contribution is 2.30. The third-order valence-electron chi connectivity index (χ3n) is 2.57. The summed E-state index contributed by atoms with van der Waals surface area (Å²) in [6.07, 6.45) is 0. The van der Waals surface area contributed by atoms with Crippen molar-refractivity contribution in [2.75, 3.05) is 31.1 Å². The summed E-state index contributed by atoms with van der Waals surface area (Å²) in [5, 5.41) is 3.21. The second kappa shape index (κ2) is 4.99. The highest BCUT2D eigenvalue weighted by molar-refractivity contribution is 5.97. The van der Waals surface area contributed by atoms with Gasteiger partial charge < -0.3 is 15.0 Å². The number of nitrogens with one attached hydrogen (secondary N) is 1. The van der Waals surface area contributed by atoms with E-state index in [1.807, 2.05) is 24.3 Å². The van der Waals surface area contributed by atoms with E-state index < -0.39 is 0 Å². The molecular weight excluding hydrogens is 204 g/mol. The second-order valence-corrected chi connectivity index (χ2v) is 3.66. The van der Waals surface area contributed by atoms with E-state index in [9.17, 15) is 4.79 Å². The zero-order valence-electron chi connectivity index (χ0n) is 9.40. The molecule has 0 unspecified atom stereocenters. The maximum atomic E-state index is 11.7. The Labute approximate surface area is 95.2 Å². The van der Waals surface area contributed by atoms with Crippen LogP contribution in [0.15, 0.2) is 24.3 Å². The summed E-state index contributed by atoms with van der Waals surface area (Å²) in [5.41, 5.74) is 0.872. The predicted octanol–water partition coefficient (Wildman–Crippen LogP) is 1.02. The van der Waals surface area contributed by atoms with E-state index >= 15 is 0 Å². The van der Waals surface area contributed by atoms with Crippen LogP contribution < -0.4 is 15.0 Å². The number of carbonyl (C=O) groups is 1. The number of amides is 1. The van der Waals surface area contributed by atoms with E-state index in [0.717, 1.165) is 24.5 Å². The number of likely N-dealkylation sites (N-methyl/N-ethyl adjacent to an activating group) is 1. The quantitative estimate of drug-likeness (QED) is 0.770. The number of benzene rings is 1. The number of nitrogens with zero attached hydrogens (tertiary/aromatic N) is 1. The fraction of sp³-hybridized carbons (Fsp3) is 0.417. The predicted molar refractivity (Wildman–Crippen MR) is 62.8 cm³/mol. The molecule has 0 spiro atoms. The Hall–Kier alpha value is -1.55. The number of carbonyl (C=O) groups excluding carboxylic acids is 1. The van der Waals surface area contributed by atoms with Crippen molar-refractivity contribution in [3.05, 3.63) is 24.3 Å². The monoisotopic (exact) mass is 220 g/mol. The van der Waals surface area contributed by atoms with Crippen LogP contribution in [0, 0.1) is 0 Å². The van der Waals surface area contributed by atoms with Crippen molar-refractivity contribution < 1.29 is 9.53 Å². The topological polar surface area (TPSA) is 41.6 Å². The molecule has 0 saturated heterocycles. The Morgan fingerprint density at radius 2 is 2.25 bits per heavy atom. The summed E-state index contributed by atoms with van der Waals surface area (Å²) >= 11 is 0. The van der Waals surface area contributed by atoms with Gasteiger partial charge in [0.15, 0.2) is 6.61 Å². The van der Waals surface area contributed by atoms with Crippen molar-refractivity contribution in [1.82, 2.24) is 5.32 Å². The van der Waals surface area contributed by atoms with Crippen LogP contribution in [0.3, 0.4) is 0 Å². The fourth-order valence-electron chi connectivity index (χ4n) is 1.77. The lowest BCUT2D eigenvalue weighted by atomic mass is 10.2. The maximum absolute atomic E-state index is 11.7. The van der Waals surface area contributed by atoms with Crippen LogP contribution in [0.2, 0.25) is 0 Å². The molecule has 1 N–H and O–H groups in total. The zero-order valence-corrected chi connectivity index (χ0v) is 9.40. The molecule has 1 amide bonds. The van der Waals surface area contributed by atoms with Gasteiger partial charge in [-0.3, -0.25) is 4.79 Å². The first-order chi connectivity index (χ1) is 7.83. The number of anilines is 1. The van der Waals surface area contributed by atoms with E-state index in [4.69, 9.17) is 4.74 Å². The van der Waals surface area contributed by atoms with Crippen LogP contribution in [0.25, 0.3) is 0 Å². The van der Waals surface area contributed by atoms with E-state index in [-0.39, 0.29) is 12.5 Å². The Morgan fingerprint density at radius 3 is 3.06 bits per heavy atom. The van der Waals surface area contributed by atoms with Gasteiger partial charge in [0.1, 0.15) is 5.75 Å². The molecule has 0 radical (unpaired) electrons. The number of rotatable bonds is 4. The second-order valence-electron chi connectivity index (χ2n) is 3.66. The van der Waals surface area contributed by atoms with E-state index in [2.05, 4.69) is 12.2 Å². The number of para-hydroxylation sites is 2. The van der Waals surface area contributed by atoms with Crippen LogP contribution >= 0.6 is 0 Å². The van der Waals surface area contributed by atoms with Crippen molar-refractivity contribution in [2.24, 2.45) is 0 Å². The van der Waals surface area contributed by atoms with E-state index in [1.54, 1.807) is 4.90 Å². The fourth-order valence-corrected chi connectivity index (χ4v) is 1.77. The van der Waals surface area contributed by atoms with E-state index in [1.165, 1.54) is 0 Å². The third-order valence-corrected chi connectivity index (χ3v) is 2.57. The minimum atomic E-state index is 0.0246. The highest BCUT2D eigenvalue weighted by Gasteiger charge is 2.24. The number of hydrogen-bond acceptors (Lipinski definition) is 3. The molecule has 2 rings (SSSR count). The molecular formula is C12H16N2O2. The van der Waals surface area contributed by atoms with Crippen LogP contribution in [0.1, 0.15) is 6.92 Å². The van der Waals surface area contributed by atoms with Crippen molar-refractivity contribution in [2.45, 2.75) is 6.92 Å². The Morgan fingerprint density at radius 1 is 1.44 bits per heavy atom. The van der Waals surface area contributed by atoms with Gasteiger partial charge in [-0.15, -0.1) is 0 Å². The van der Waals surface area contributed by atoms with Gasteiger partial charge in [0.2, 0.25) is 0 Å². The van der Waals surface area contributed by atoms with Gasteiger partial charge in [-0.2, -0.15) is 0 Å². The van der Waals surface area contributed by atoms with Crippen molar-refractivity contribution in [3.63, 3.8) is 0 Å². The molecule has 1 aromatic rings. The van der Waals surface area contributed by atoms with Crippen molar-refractivity contribution in [1.29, 1.82) is 0 Å². The van der Waals surface area contributed by atoms with E-state index in [0.29, 0.717) is 6.54 Å². The van der Waals surface area contributed by atoms with Gasteiger partial charge in [0.05, 0.1) is 5.69 Å². The van der Waals surface area contributed by atoms with Gasteiger partial charge in [-0.05, 0) is 18.7 Å². The molecule has 16 heavy (non-hydrogen) atoms. The molecule has 0 fully saturated rings. The summed E-state index contributed by atoms with van der Waals surface area (Å²) in [6, 6.07) is 7.64. The van der Waals surface area contributed by atoms with Gasteiger partial charge in [0, 0.05) is 13.1 Å². The molecule has 0 atom stereocenters. The molecule has 0 saturated carbocycles. The van der Waals surface area contributed by atoms with Gasteiger partial charge in [-0.25, -0.2) is 0 Å². The van der Waals surface area contributed by atoms with Gasteiger partial charge in [0.25, 0.3) is 5.91 Å². The van der Waals surface area contributed by atoms with Gasteiger partial charge in [-0.1, -0.05) is 19.1 Å².